The normalized spacial score (nSPS) is 28.5. The summed E-state index contributed by atoms with van der Waals surface area (Å²) < 4.78 is 0. The molecule has 0 radical (unpaired) electrons. The number of piperidine rings is 2. The van der Waals surface area contributed by atoms with Gasteiger partial charge in [-0.25, -0.2) is 0 Å². The zero-order chi connectivity index (χ0) is 21.0. The van der Waals surface area contributed by atoms with E-state index in [-0.39, 0.29) is 30.3 Å². The van der Waals surface area contributed by atoms with Crippen LogP contribution in [0.1, 0.15) is 71.2 Å². The quantitative estimate of drug-likeness (QED) is 0.717. The Kier molecular flexibility index (Phi) is 4.52. The van der Waals surface area contributed by atoms with Crippen LogP contribution < -0.4 is 11.1 Å². The number of nitrogens with zero attached hydrogens (tertiary/aromatic N) is 2. The zero-order valence-electron chi connectivity index (χ0n) is 16.9. The molecule has 30 heavy (non-hydrogen) atoms. The number of rotatable bonds is 3. The predicted molar refractivity (Wildman–Crippen MR) is 107 cm³/mol. The van der Waals surface area contributed by atoms with E-state index in [4.69, 9.17) is 5.73 Å². The Morgan fingerprint density at radius 3 is 2.57 bits per heavy atom. The van der Waals surface area contributed by atoms with Crippen molar-refractivity contribution >= 4 is 23.6 Å². The van der Waals surface area contributed by atoms with E-state index in [1.54, 1.807) is 12.1 Å². The lowest BCUT2D eigenvalue weighted by Crippen LogP contribution is -2.60. The van der Waals surface area contributed by atoms with E-state index in [1.807, 2.05) is 6.07 Å². The number of carbonyl (C=O) groups is 4. The van der Waals surface area contributed by atoms with E-state index in [0.717, 1.165) is 42.7 Å². The van der Waals surface area contributed by atoms with Crippen LogP contribution in [0.25, 0.3) is 0 Å². The molecule has 0 aromatic heterocycles. The maximum absolute atomic E-state index is 13.3. The number of hydrogen-bond acceptors (Lipinski definition) is 6. The largest absolute Gasteiger partial charge is 0.327 e. The topological polar surface area (TPSA) is 113 Å². The fraction of sp³-hybridized carbons (Fsp3) is 0.545. The van der Waals surface area contributed by atoms with Crippen LogP contribution in [0.5, 0.6) is 0 Å². The molecule has 8 nitrogen and oxygen atoms in total. The van der Waals surface area contributed by atoms with Gasteiger partial charge < -0.3 is 5.73 Å². The predicted octanol–water partition coefficient (Wildman–Crippen LogP) is 0.934. The highest BCUT2D eigenvalue weighted by molar-refractivity contribution is 6.24. The Morgan fingerprint density at radius 2 is 1.87 bits per heavy atom. The summed E-state index contributed by atoms with van der Waals surface area (Å²) >= 11 is 0. The van der Waals surface area contributed by atoms with Gasteiger partial charge in [0.05, 0.1) is 11.1 Å². The number of hydrogen-bond donors (Lipinski definition) is 2. The van der Waals surface area contributed by atoms with Crippen molar-refractivity contribution in [2.24, 2.45) is 5.73 Å². The maximum Gasteiger partial charge on any atom is 0.262 e. The molecule has 3 N–H and O–H groups in total. The summed E-state index contributed by atoms with van der Waals surface area (Å²) in [6, 6.07) is 4.51. The molecule has 158 valence electrons. The fourth-order valence-electron chi connectivity index (χ4n) is 5.49. The molecule has 4 aliphatic rings. The first-order valence-corrected chi connectivity index (χ1v) is 10.7. The summed E-state index contributed by atoms with van der Waals surface area (Å²) in [7, 11) is 0. The molecule has 1 saturated carbocycles. The molecule has 2 atom stereocenters. The van der Waals surface area contributed by atoms with Crippen molar-refractivity contribution < 1.29 is 19.2 Å². The fourth-order valence-corrected chi connectivity index (χ4v) is 5.49. The van der Waals surface area contributed by atoms with E-state index in [1.165, 1.54) is 6.42 Å². The third kappa shape index (κ3) is 2.89. The number of fused-ring (bicyclic) bond motifs is 1. The van der Waals surface area contributed by atoms with Crippen LogP contribution in [0.4, 0.5) is 0 Å². The Labute approximate surface area is 174 Å². The first-order valence-electron chi connectivity index (χ1n) is 10.7. The third-order valence-electron chi connectivity index (χ3n) is 7.31. The number of benzene rings is 1. The Bertz CT molecular complexity index is 954. The Balaban J connectivity index is 1.45. The second kappa shape index (κ2) is 6.99. The lowest BCUT2D eigenvalue weighted by Gasteiger charge is -2.54. The lowest BCUT2D eigenvalue weighted by atomic mass is 9.69. The standard InChI is InChI=1S/C22H26N4O4/c23-14-7-10-22(8-2-9-22)25(12-14)11-13-3-1-4-15-18(13)21(30)26(20(15)29)16-5-6-17(27)24-19(16)28/h1,3-4,14,16H,2,5-12,23H2,(H,24,27,28). The molecule has 4 amide bonds. The minimum absolute atomic E-state index is 0.116. The van der Waals surface area contributed by atoms with Gasteiger partial charge in [0.2, 0.25) is 11.8 Å². The lowest BCUT2D eigenvalue weighted by molar-refractivity contribution is -0.136. The molecule has 1 aromatic rings. The highest BCUT2D eigenvalue weighted by Crippen LogP contribution is 2.45. The summed E-state index contributed by atoms with van der Waals surface area (Å²) in [5.41, 5.74) is 7.94. The summed E-state index contributed by atoms with van der Waals surface area (Å²) in [5, 5.41) is 2.24. The first-order chi connectivity index (χ1) is 14.4. The number of nitrogens with one attached hydrogen (secondary N) is 1. The summed E-state index contributed by atoms with van der Waals surface area (Å²) in [6.45, 7) is 1.35. The second-order valence-corrected chi connectivity index (χ2v) is 9.04. The van der Waals surface area contributed by atoms with Crippen molar-refractivity contribution in [3.05, 3.63) is 34.9 Å². The molecule has 1 aromatic carbocycles. The number of nitrogens with two attached hydrogens (primary N) is 1. The summed E-state index contributed by atoms with van der Waals surface area (Å²) in [5.74, 6) is -1.86. The van der Waals surface area contributed by atoms with Crippen LogP contribution in [-0.4, -0.2) is 57.6 Å². The van der Waals surface area contributed by atoms with Gasteiger partial charge in [-0.2, -0.15) is 0 Å². The summed E-state index contributed by atoms with van der Waals surface area (Å²) in [4.78, 5) is 53.5. The molecule has 8 heteroatoms. The van der Waals surface area contributed by atoms with Crippen molar-refractivity contribution in [3.8, 4) is 0 Å². The van der Waals surface area contributed by atoms with Crippen molar-refractivity contribution in [1.29, 1.82) is 0 Å². The SMILES string of the molecule is NC1CCC2(CCC2)N(Cc2cccc3c2C(=O)N(C2CCC(=O)NC2=O)C3=O)C1. The average Bonchev–Trinajstić information content (AvgIpc) is 2.93. The van der Waals surface area contributed by atoms with E-state index in [0.29, 0.717) is 17.7 Å². The third-order valence-corrected chi connectivity index (χ3v) is 7.31. The molecule has 2 saturated heterocycles. The molecule has 3 fully saturated rings. The van der Waals surface area contributed by atoms with E-state index >= 15 is 0 Å². The van der Waals surface area contributed by atoms with Crippen LogP contribution >= 0.6 is 0 Å². The molecule has 5 rings (SSSR count). The Hall–Kier alpha value is -2.58. The minimum atomic E-state index is -0.940. The molecule has 1 aliphatic carbocycles. The van der Waals surface area contributed by atoms with Crippen LogP contribution in [0.2, 0.25) is 0 Å². The average molecular weight is 410 g/mol. The number of amides is 4. The van der Waals surface area contributed by atoms with Gasteiger partial charge >= 0.3 is 0 Å². The monoisotopic (exact) mass is 410 g/mol. The maximum atomic E-state index is 13.3. The van der Waals surface area contributed by atoms with Gasteiger partial charge in [0, 0.05) is 31.1 Å². The number of likely N-dealkylation sites (tertiary alicyclic amines) is 1. The molecule has 0 bridgehead atoms. The van der Waals surface area contributed by atoms with E-state index in [2.05, 4.69) is 10.2 Å². The van der Waals surface area contributed by atoms with Gasteiger partial charge in [-0.05, 0) is 50.2 Å². The molecule has 1 spiro atoms. The molecular weight excluding hydrogens is 384 g/mol. The van der Waals surface area contributed by atoms with Gasteiger partial charge in [0.15, 0.2) is 0 Å². The molecule has 3 heterocycles. The molecule has 3 aliphatic heterocycles. The smallest absolute Gasteiger partial charge is 0.262 e. The number of imide groups is 2. The van der Waals surface area contributed by atoms with Crippen molar-refractivity contribution in [2.45, 2.75) is 69.1 Å². The van der Waals surface area contributed by atoms with Crippen molar-refractivity contribution in [3.63, 3.8) is 0 Å². The zero-order valence-corrected chi connectivity index (χ0v) is 16.9. The first kappa shape index (κ1) is 19.4. The van der Waals surface area contributed by atoms with Gasteiger partial charge in [0.25, 0.3) is 11.8 Å². The second-order valence-electron chi connectivity index (χ2n) is 9.04. The minimum Gasteiger partial charge on any atom is -0.327 e. The van der Waals surface area contributed by atoms with Crippen LogP contribution in [0.15, 0.2) is 18.2 Å². The number of carbonyl (C=O) groups excluding carboxylic acids is 4. The van der Waals surface area contributed by atoms with Crippen LogP contribution in [0, 0.1) is 0 Å². The van der Waals surface area contributed by atoms with E-state index in [9.17, 15) is 19.2 Å². The van der Waals surface area contributed by atoms with Gasteiger partial charge in [-0.1, -0.05) is 12.1 Å². The van der Waals surface area contributed by atoms with Gasteiger partial charge in [-0.3, -0.25) is 34.3 Å². The highest BCUT2D eigenvalue weighted by atomic mass is 16.2. The summed E-state index contributed by atoms with van der Waals surface area (Å²) in [6.07, 6.45) is 5.86. The van der Waals surface area contributed by atoms with Crippen molar-refractivity contribution in [2.75, 3.05) is 6.54 Å². The van der Waals surface area contributed by atoms with Crippen LogP contribution in [-0.2, 0) is 16.1 Å². The van der Waals surface area contributed by atoms with Crippen molar-refractivity contribution in [1.82, 2.24) is 15.1 Å². The van der Waals surface area contributed by atoms with Gasteiger partial charge in [-0.15, -0.1) is 0 Å². The Morgan fingerprint density at radius 1 is 1.07 bits per heavy atom. The molecule has 2 unspecified atom stereocenters. The van der Waals surface area contributed by atoms with E-state index < -0.39 is 23.8 Å². The highest BCUT2D eigenvalue weighted by Gasteiger charge is 2.48. The van der Waals surface area contributed by atoms with Crippen LogP contribution in [0.3, 0.4) is 0 Å². The molecular formula is C22H26N4O4. The van der Waals surface area contributed by atoms with Gasteiger partial charge in [0.1, 0.15) is 6.04 Å².